The third-order valence-electron chi connectivity index (χ3n) is 6.12. The molecule has 1 fully saturated rings. The Kier molecular flexibility index (Phi) is 7.28. The van der Waals surface area contributed by atoms with Gasteiger partial charge in [0.25, 0.3) is 0 Å². The summed E-state index contributed by atoms with van der Waals surface area (Å²) in [5.74, 6) is -0.988. The summed E-state index contributed by atoms with van der Waals surface area (Å²) in [6.45, 7) is 0. The fraction of sp³-hybridized carbons (Fsp3) is 0.222. The Balaban J connectivity index is 1.39. The van der Waals surface area contributed by atoms with Gasteiger partial charge in [-0.05, 0) is 48.2 Å². The van der Waals surface area contributed by atoms with Gasteiger partial charge in [0.05, 0.1) is 23.7 Å². The third-order valence-corrected chi connectivity index (χ3v) is 6.45. The number of hydrogen-bond donors (Lipinski definition) is 2. The molecule has 0 heterocycles. The molecule has 0 bridgehead atoms. The SMILES string of the molecule is COC(=O)[C@@H]1CCC[C@H]1C(=O)c1ccc(-c2ccc(NC(=O)Nc3ccccc3Cl)cc2)cc1. The van der Waals surface area contributed by atoms with Crippen molar-refractivity contribution < 1.29 is 19.1 Å². The summed E-state index contributed by atoms with van der Waals surface area (Å²) in [6.07, 6.45) is 2.25. The molecule has 1 saturated carbocycles. The predicted octanol–water partition coefficient (Wildman–Crippen LogP) is 6.42. The van der Waals surface area contributed by atoms with Crippen LogP contribution in [-0.4, -0.2) is 24.9 Å². The van der Waals surface area contributed by atoms with E-state index in [1.807, 2.05) is 24.3 Å². The minimum Gasteiger partial charge on any atom is -0.469 e. The fourth-order valence-corrected chi connectivity index (χ4v) is 4.52. The first kappa shape index (κ1) is 23.5. The molecule has 6 nitrogen and oxygen atoms in total. The van der Waals surface area contributed by atoms with Gasteiger partial charge in [-0.15, -0.1) is 0 Å². The number of nitrogens with one attached hydrogen (secondary N) is 2. The van der Waals surface area contributed by atoms with Gasteiger partial charge in [-0.3, -0.25) is 9.59 Å². The molecule has 4 rings (SSSR count). The summed E-state index contributed by atoms with van der Waals surface area (Å²) < 4.78 is 4.87. The van der Waals surface area contributed by atoms with E-state index >= 15 is 0 Å². The number of urea groups is 1. The maximum atomic E-state index is 13.0. The van der Waals surface area contributed by atoms with Crippen molar-refractivity contribution in [1.82, 2.24) is 0 Å². The standard InChI is InChI=1S/C27H25ClN2O4/c1-34-26(32)22-6-4-5-21(22)25(31)19-11-9-17(10-12-19)18-13-15-20(16-14-18)29-27(33)30-24-8-3-2-7-23(24)28/h2-3,7-16,21-22H,4-6H2,1H3,(H2,29,30,33)/t21-,22-/m1/s1. The zero-order valence-corrected chi connectivity index (χ0v) is 19.5. The highest BCUT2D eigenvalue weighted by atomic mass is 35.5. The minimum absolute atomic E-state index is 0.0106. The fourth-order valence-electron chi connectivity index (χ4n) is 4.34. The predicted molar refractivity (Wildman–Crippen MR) is 133 cm³/mol. The number of para-hydroxylation sites is 1. The molecule has 174 valence electrons. The van der Waals surface area contributed by atoms with E-state index < -0.39 is 0 Å². The smallest absolute Gasteiger partial charge is 0.323 e. The van der Waals surface area contributed by atoms with Crippen LogP contribution in [0.5, 0.6) is 0 Å². The number of esters is 1. The molecular weight excluding hydrogens is 452 g/mol. The summed E-state index contributed by atoms with van der Waals surface area (Å²) in [5.41, 5.74) is 3.65. The lowest BCUT2D eigenvalue weighted by atomic mass is 9.88. The normalized spacial score (nSPS) is 17.1. The number of ether oxygens (including phenoxy) is 1. The molecule has 0 aliphatic heterocycles. The van der Waals surface area contributed by atoms with Gasteiger partial charge in [-0.1, -0.05) is 66.6 Å². The highest BCUT2D eigenvalue weighted by Gasteiger charge is 2.38. The van der Waals surface area contributed by atoms with Crippen LogP contribution >= 0.6 is 11.6 Å². The quantitative estimate of drug-likeness (QED) is 0.317. The van der Waals surface area contributed by atoms with Gasteiger partial charge < -0.3 is 15.4 Å². The largest absolute Gasteiger partial charge is 0.469 e. The number of halogens is 1. The Morgan fingerprint density at radius 1 is 0.824 bits per heavy atom. The van der Waals surface area contributed by atoms with E-state index in [-0.39, 0.29) is 29.6 Å². The van der Waals surface area contributed by atoms with Crippen LogP contribution in [-0.2, 0) is 9.53 Å². The average molecular weight is 477 g/mol. The van der Waals surface area contributed by atoms with Crippen molar-refractivity contribution in [3.8, 4) is 11.1 Å². The van der Waals surface area contributed by atoms with Crippen LogP contribution in [0, 0.1) is 11.8 Å². The highest BCUT2D eigenvalue weighted by molar-refractivity contribution is 6.33. The van der Waals surface area contributed by atoms with Gasteiger partial charge in [0, 0.05) is 17.2 Å². The molecule has 34 heavy (non-hydrogen) atoms. The number of anilines is 2. The molecule has 0 aromatic heterocycles. The molecule has 2 N–H and O–H groups in total. The zero-order chi connectivity index (χ0) is 24.1. The number of Topliss-reactive ketones (excluding diaryl/α,β-unsaturated/α-hetero) is 1. The average Bonchev–Trinajstić information content (AvgIpc) is 3.35. The first-order valence-electron chi connectivity index (χ1n) is 11.1. The molecule has 0 unspecified atom stereocenters. The van der Waals surface area contributed by atoms with Crippen LogP contribution in [0.3, 0.4) is 0 Å². The van der Waals surface area contributed by atoms with Gasteiger partial charge in [0.1, 0.15) is 0 Å². The third kappa shape index (κ3) is 5.29. The van der Waals surface area contributed by atoms with Gasteiger partial charge in [-0.25, -0.2) is 4.79 Å². The summed E-state index contributed by atoms with van der Waals surface area (Å²) in [7, 11) is 1.36. The van der Waals surface area contributed by atoms with E-state index in [0.29, 0.717) is 34.8 Å². The number of carbonyl (C=O) groups is 3. The minimum atomic E-state index is -0.388. The van der Waals surface area contributed by atoms with Crippen molar-refractivity contribution in [2.24, 2.45) is 11.8 Å². The maximum Gasteiger partial charge on any atom is 0.323 e. The monoisotopic (exact) mass is 476 g/mol. The molecule has 3 aromatic rings. The topological polar surface area (TPSA) is 84.5 Å². The Morgan fingerprint density at radius 2 is 1.44 bits per heavy atom. The highest BCUT2D eigenvalue weighted by Crippen LogP contribution is 2.35. The molecule has 0 spiro atoms. The van der Waals surface area contributed by atoms with Crippen molar-refractivity contribution in [1.29, 1.82) is 0 Å². The summed E-state index contributed by atoms with van der Waals surface area (Å²) in [6, 6.07) is 21.4. The second-order valence-corrected chi connectivity index (χ2v) is 8.65. The van der Waals surface area contributed by atoms with Gasteiger partial charge in [0.15, 0.2) is 5.78 Å². The number of amides is 2. The number of benzene rings is 3. The molecule has 1 aliphatic rings. The molecular formula is C27H25ClN2O4. The van der Waals surface area contributed by atoms with E-state index in [0.717, 1.165) is 17.5 Å². The second-order valence-electron chi connectivity index (χ2n) is 8.24. The lowest BCUT2D eigenvalue weighted by Gasteiger charge is -2.16. The van der Waals surface area contributed by atoms with Crippen molar-refractivity contribution in [3.63, 3.8) is 0 Å². The number of rotatable bonds is 6. The molecule has 1 aliphatic carbocycles. The van der Waals surface area contributed by atoms with Crippen molar-refractivity contribution >= 4 is 40.8 Å². The molecule has 0 radical (unpaired) electrons. The van der Waals surface area contributed by atoms with E-state index in [9.17, 15) is 14.4 Å². The number of ketones is 1. The maximum absolute atomic E-state index is 13.0. The molecule has 0 saturated heterocycles. The van der Waals surface area contributed by atoms with Crippen LogP contribution in [0.2, 0.25) is 5.02 Å². The second kappa shape index (κ2) is 10.5. The summed E-state index contributed by atoms with van der Waals surface area (Å²) in [5, 5.41) is 5.96. The van der Waals surface area contributed by atoms with Crippen LogP contribution in [0.1, 0.15) is 29.6 Å². The van der Waals surface area contributed by atoms with Gasteiger partial charge >= 0.3 is 12.0 Å². The van der Waals surface area contributed by atoms with Crippen LogP contribution in [0.4, 0.5) is 16.2 Å². The summed E-state index contributed by atoms with van der Waals surface area (Å²) in [4.78, 5) is 37.2. The Labute approximate surface area is 203 Å². The molecule has 7 heteroatoms. The van der Waals surface area contributed by atoms with Gasteiger partial charge in [0.2, 0.25) is 0 Å². The molecule has 2 amide bonds. The Morgan fingerprint density at radius 3 is 2.09 bits per heavy atom. The molecule has 3 aromatic carbocycles. The van der Waals surface area contributed by atoms with E-state index in [2.05, 4.69) is 10.6 Å². The van der Waals surface area contributed by atoms with Crippen LogP contribution in [0.25, 0.3) is 11.1 Å². The number of methoxy groups -OCH3 is 1. The zero-order valence-electron chi connectivity index (χ0n) is 18.7. The summed E-state index contributed by atoms with van der Waals surface area (Å²) >= 11 is 6.07. The molecule has 2 atom stereocenters. The van der Waals surface area contributed by atoms with Crippen molar-refractivity contribution in [2.75, 3.05) is 17.7 Å². The number of hydrogen-bond acceptors (Lipinski definition) is 4. The van der Waals surface area contributed by atoms with E-state index in [4.69, 9.17) is 16.3 Å². The Hall–Kier alpha value is -3.64. The van der Waals surface area contributed by atoms with Crippen molar-refractivity contribution in [3.05, 3.63) is 83.4 Å². The lowest BCUT2D eigenvalue weighted by Crippen LogP contribution is -2.26. The van der Waals surface area contributed by atoms with Crippen LogP contribution in [0.15, 0.2) is 72.8 Å². The first-order chi connectivity index (χ1) is 16.5. The van der Waals surface area contributed by atoms with Crippen LogP contribution < -0.4 is 10.6 Å². The number of carbonyl (C=O) groups excluding carboxylic acids is 3. The Bertz CT molecular complexity index is 1190. The van der Waals surface area contributed by atoms with Gasteiger partial charge in [-0.2, -0.15) is 0 Å². The van der Waals surface area contributed by atoms with E-state index in [1.165, 1.54) is 7.11 Å². The first-order valence-corrected chi connectivity index (χ1v) is 11.5. The van der Waals surface area contributed by atoms with E-state index in [1.54, 1.807) is 48.5 Å². The lowest BCUT2D eigenvalue weighted by molar-refractivity contribution is -0.146. The van der Waals surface area contributed by atoms with Crippen molar-refractivity contribution in [2.45, 2.75) is 19.3 Å².